The van der Waals surface area contributed by atoms with Crippen LogP contribution in [0.25, 0.3) is 11.1 Å². The summed E-state index contributed by atoms with van der Waals surface area (Å²) in [5.74, 6) is 1.87. The van der Waals surface area contributed by atoms with Crippen molar-refractivity contribution in [1.29, 1.82) is 0 Å². The summed E-state index contributed by atoms with van der Waals surface area (Å²) in [6.45, 7) is 5.77. The predicted molar refractivity (Wildman–Crippen MR) is 130 cm³/mol. The molecule has 9 nitrogen and oxygen atoms in total. The number of nitrogen functional groups attached to an aromatic ring is 1. The van der Waals surface area contributed by atoms with Crippen LogP contribution in [0.15, 0.2) is 30.6 Å². The number of halogens is 1. The second kappa shape index (κ2) is 9.03. The molecule has 33 heavy (non-hydrogen) atoms. The topological polar surface area (TPSA) is 123 Å². The van der Waals surface area contributed by atoms with Gasteiger partial charge in [-0.15, -0.1) is 0 Å². The van der Waals surface area contributed by atoms with E-state index >= 15 is 0 Å². The van der Waals surface area contributed by atoms with Gasteiger partial charge in [-0.2, -0.15) is 4.98 Å². The minimum absolute atomic E-state index is 0.0820. The summed E-state index contributed by atoms with van der Waals surface area (Å²) in [6.07, 6.45) is 5.23. The Labute approximate surface area is 198 Å². The lowest BCUT2D eigenvalue weighted by atomic mass is 9.99. The Bertz CT molecular complexity index is 1320. The van der Waals surface area contributed by atoms with E-state index in [9.17, 15) is 8.42 Å². The number of aryl methyl sites for hydroxylation is 2. The average molecular weight is 489 g/mol. The highest BCUT2D eigenvalue weighted by Gasteiger charge is 2.22. The van der Waals surface area contributed by atoms with Crippen LogP contribution >= 0.6 is 11.6 Å². The van der Waals surface area contributed by atoms with Gasteiger partial charge in [0.2, 0.25) is 16.0 Å². The smallest absolute Gasteiger partial charge is 0.229 e. The van der Waals surface area contributed by atoms with E-state index in [4.69, 9.17) is 22.1 Å². The number of aromatic nitrogens is 3. The third-order valence-electron chi connectivity index (χ3n) is 5.33. The van der Waals surface area contributed by atoms with Gasteiger partial charge in [0.25, 0.3) is 0 Å². The lowest BCUT2D eigenvalue weighted by Crippen LogP contribution is -2.27. The van der Waals surface area contributed by atoms with Crippen molar-refractivity contribution < 1.29 is 13.2 Å². The van der Waals surface area contributed by atoms with Crippen LogP contribution in [0, 0.1) is 6.92 Å². The molecule has 0 saturated heterocycles. The predicted octanol–water partition coefficient (Wildman–Crippen LogP) is 3.42. The molecular formula is C22H25ClN6O3S. The van der Waals surface area contributed by atoms with Gasteiger partial charge in [-0.25, -0.2) is 18.4 Å². The molecule has 0 bridgehead atoms. The molecule has 3 heterocycles. The van der Waals surface area contributed by atoms with E-state index < -0.39 is 10.0 Å². The molecule has 0 atom stereocenters. The summed E-state index contributed by atoms with van der Waals surface area (Å²) >= 11 is 6.10. The molecule has 0 saturated carbocycles. The largest absolute Gasteiger partial charge is 0.491 e. The molecule has 174 valence electrons. The summed E-state index contributed by atoms with van der Waals surface area (Å²) in [5, 5.41) is 0.0820. The molecule has 0 fully saturated rings. The SMILES string of the molecule is CCc1cnc(N)nc1N1CCOc2c(C)cc(-c3cnc(Cl)c(NS(C)(=O)=O)c3)cc2C1. The lowest BCUT2D eigenvalue weighted by Gasteiger charge is -2.23. The van der Waals surface area contributed by atoms with Gasteiger partial charge in [0, 0.05) is 35.6 Å². The quantitative estimate of drug-likeness (QED) is 0.523. The van der Waals surface area contributed by atoms with Crippen LogP contribution in [0.3, 0.4) is 0 Å². The second-order valence-corrected chi connectivity index (χ2v) is 10.0. The van der Waals surface area contributed by atoms with Gasteiger partial charge in [-0.05, 0) is 42.7 Å². The van der Waals surface area contributed by atoms with Crippen molar-refractivity contribution in [3.63, 3.8) is 0 Å². The van der Waals surface area contributed by atoms with E-state index in [2.05, 4.69) is 31.5 Å². The van der Waals surface area contributed by atoms with Crippen LogP contribution in [-0.2, 0) is 23.0 Å². The van der Waals surface area contributed by atoms with E-state index in [1.165, 1.54) is 0 Å². The van der Waals surface area contributed by atoms with Crippen LogP contribution in [-0.4, -0.2) is 42.8 Å². The summed E-state index contributed by atoms with van der Waals surface area (Å²) in [7, 11) is -3.50. The number of fused-ring (bicyclic) bond motifs is 1. The van der Waals surface area contributed by atoms with E-state index in [0.29, 0.717) is 19.7 Å². The number of sulfonamides is 1. The van der Waals surface area contributed by atoms with Crippen molar-refractivity contribution in [1.82, 2.24) is 15.0 Å². The molecule has 1 aromatic carbocycles. The van der Waals surface area contributed by atoms with Gasteiger partial charge in [-0.3, -0.25) is 4.72 Å². The molecule has 3 N–H and O–H groups in total. The van der Waals surface area contributed by atoms with Crippen LogP contribution < -0.4 is 20.1 Å². The van der Waals surface area contributed by atoms with Crippen LogP contribution in [0.1, 0.15) is 23.6 Å². The monoisotopic (exact) mass is 488 g/mol. The summed E-state index contributed by atoms with van der Waals surface area (Å²) in [5.41, 5.74) is 10.7. The van der Waals surface area contributed by atoms with Crippen molar-refractivity contribution in [2.45, 2.75) is 26.8 Å². The molecule has 0 aliphatic carbocycles. The van der Waals surface area contributed by atoms with Crippen LogP contribution in [0.5, 0.6) is 5.75 Å². The summed E-state index contributed by atoms with van der Waals surface area (Å²) < 4.78 is 31.9. The first-order chi connectivity index (χ1) is 15.6. The molecule has 0 amide bonds. The first kappa shape index (κ1) is 23.1. The van der Waals surface area contributed by atoms with E-state index in [0.717, 1.165) is 52.1 Å². The zero-order valence-electron chi connectivity index (χ0n) is 18.6. The second-order valence-electron chi connectivity index (χ2n) is 7.92. The van der Waals surface area contributed by atoms with Crippen molar-refractivity contribution in [3.8, 4) is 16.9 Å². The van der Waals surface area contributed by atoms with Gasteiger partial charge in [0.15, 0.2) is 5.15 Å². The van der Waals surface area contributed by atoms with E-state index in [1.54, 1.807) is 18.5 Å². The molecule has 4 rings (SSSR count). The number of benzene rings is 1. The molecular weight excluding hydrogens is 464 g/mol. The highest BCUT2D eigenvalue weighted by Crippen LogP contribution is 2.35. The third kappa shape index (κ3) is 5.12. The highest BCUT2D eigenvalue weighted by molar-refractivity contribution is 7.92. The fourth-order valence-corrected chi connectivity index (χ4v) is 4.63. The number of ether oxygens (including phenoxy) is 1. The Balaban J connectivity index is 1.75. The maximum atomic E-state index is 11.7. The Kier molecular flexibility index (Phi) is 6.31. The Morgan fingerprint density at radius 2 is 2.00 bits per heavy atom. The molecule has 1 aliphatic rings. The van der Waals surface area contributed by atoms with Crippen LogP contribution in [0.4, 0.5) is 17.5 Å². The van der Waals surface area contributed by atoms with Crippen molar-refractivity contribution in [3.05, 3.63) is 52.4 Å². The number of nitrogens with two attached hydrogens (primary N) is 1. The Morgan fingerprint density at radius 1 is 1.21 bits per heavy atom. The molecule has 1 aliphatic heterocycles. The van der Waals surface area contributed by atoms with Crippen LogP contribution in [0.2, 0.25) is 5.15 Å². The van der Waals surface area contributed by atoms with Gasteiger partial charge in [0.1, 0.15) is 18.2 Å². The molecule has 3 aromatic rings. The first-order valence-electron chi connectivity index (χ1n) is 10.4. The number of rotatable bonds is 5. The standard InChI is InChI=1S/C22H25ClN6O3S/c1-4-14-10-26-22(24)27-21(14)29-5-6-32-19-13(2)7-15(8-17(19)12-29)16-9-18(20(23)25-11-16)28-33(3,30)31/h7-11,28H,4-6,12H2,1-3H3,(H2,24,26,27). The maximum Gasteiger partial charge on any atom is 0.229 e. The molecule has 0 unspecified atom stereocenters. The normalized spacial score (nSPS) is 13.8. The fraction of sp³-hybridized carbons (Fsp3) is 0.318. The third-order valence-corrected chi connectivity index (χ3v) is 6.22. The minimum atomic E-state index is -3.50. The van der Waals surface area contributed by atoms with Gasteiger partial charge < -0.3 is 15.4 Å². The number of nitrogens with one attached hydrogen (secondary N) is 1. The average Bonchev–Trinajstić information content (AvgIpc) is 2.97. The Hall–Kier alpha value is -3.11. The van der Waals surface area contributed by atoms with E-state index in [1.807, 2.05) is 19.1 Å². The summed E-state index contributed by atoms with van der Waals surface area (Å²) in [4.78, 5) is 14.9. The minimum Gasteiger partial charge on any atom is -0.491 e. The van der Waals surface area contributed by atoms with E-state index in [-0.39, 0.29) is 16.8 Å². The molecule has 11 heteroatoms. The molecule has 0 radical (unpaired) electrons. The van der Waals surface area contributed by atoms with Crippen molar-refractivity contribution >= 4 is 39.1 Å². The number of pyridine rings is 1. The molecule has 0 spiro atoms. The zero-order valence-corrected chi connectivity index (χ0v) is 20.2. The fourth-order valence-electron chi connectivity index (χ4n) is 3.87. The number of hydrogen-bond donors (Lipinski definition) is 2. The first-order valence-corrected chi connectivity index (χ1v) is 12.7. The number of anilines is 3. The number of nitrogens with zero attached hydrogens (tertiary/aromatic N) is 4. The van der Waals surface area contributed by atoms with Gasteiger partial charge in [-0.1, -0.05) is 18.5 Å². The summed E-state index contributed by atoms with van der Waals surface area (Å²) in [6, 6.07) is 5.68. The molecule has 2 aromatic heterocycles. The van der Waals surface area contributed by atoms with Gasteiger partial charge in [0.05, 0.1) is 18.5 Å². The highest BCUT2D eigenvalue weighted by atomic mass is 35.5. The number of hydrogen-bond acceptors (Lipinski definition) is 8. The zero-order chi connectivity index (χ0) is 23.8. The Morgan fingerprint density at radius 3 is 2.73 bits per heavy atom. The lowest BCUT2D eigenvalue weighted by molar-refractivity contribution is 0.329. The van der Waals surface area contributed by atoms with Crippen molar-refractivity contribution in [2.75, 3.05) is 34.8 Å². The van der Waals surface area contributed by atoms with Gasteiger partial charge >= 0.3 is 0 Å². The van der Waals surface area contributed by atoms with Crippen molar-refractivity contribution in [2.24, 2.45) is 0 Å². The maximum absolute atomic E-state index is 11.7.